The molecular formula is C9H11BrN2O. The standard InChI is InChI=1S/C9H11BrN2O/c1-5-3-7(10)4-6(2)8(5)12-9(11)13/h3-4H,1-2H3,(H3,11,12,13). The third-order valence-electron chi connectivity index (χ3n) is 1.75. The van der Waals surface area contributed by atoms with Crippen molar-refractivity contribution in [3.63, 3.8) is 0 Å². The molecule has 1 rings (SSSR count). The van der Waals surface area contributed by atoms with Crippen LogP contribution >= 0.6 is 15.9 Å². The molecule has 4 heteroatoms. The Morgan fingerprint density at radius 3 is 2.23 bits per heavy atom. The van der Waals surface area contributed by atoms with Crippen molar-refractivity contribution in [2.45, 2.75) is 13.8 Å². The molecule has 70 valence electrons. The summed E-state index contributed by atoms with van der Waals surface area (Å²) >= 11 is 3.37. The van der Waals surface area contributed by atoms with Crippen LogP contribution in [-0.2, 0) is 0 Å². The maximum Gasteiger partial charge on any atom is 0.316 e. The largest absolute Gasteiger partial charge is 0.351 e. The van der Waals surface area contributed by atoms with Crippen molar-refractivity contribution in [3.05, 3.63) is 27.7 Å². The van der Waals surface area contributed by atoms with Gasteiger partial charge in [-0.2, -0.15) is 0 Å². The summed E-state index contributed by atoms with van der Waals surface area (Å²) in [6, 6.07) is 3.32. The smallest absolute Gasteiger partial charge is 0.316 e. The second kappa shape index (κ2) is 3.79. The third kappa shape index (κ3) is 2.45. The number of urea groups is 1. The van der Waals surface area contributed by atoms with E-state index in [2.05, 4.69) is 21.2 Å². The van der Waals surface area contributed by atoms with Crippen LogP contribution in [0.3, 0.4) is 0 Å². The average molecular weight is 243 g/mol. The van der Waals surface area contributed by atoms with E-state index in [-0.39, 0.29) is 0 Å². The summed E-state index contributed by atoms with van der Waals surface area (Å²) in [7, 11) is 0. The van der Waals surface area contributed by atoms with Crippen LogP contribution in [0.25, 0.3) is 0 Å². The van der Waals surface area contributed by atoms with Crippen LogP contribution in [0.1, 0.15) is 11.1 Å². The first-order valence-corrected chi connectivity index (χ1v) is 4.63. The number of halogens is 1. The van der Waals surface area contributed by atoms with Crippen molar-refractivity contribution in [2.75, 3.05) is 5.32 Å². The molecule has 0 heterocycles. The van der Waals surface area contributed by atoms with E-state index < -0.39 is 6.03 Å². The Morgan fingerprint density at radius 2 is 1.85 bits per heavy atom. The highest BCUT2D eigenvalue weighted by Gasteiger charge is 2.05. The predicted octanol–water partition coefficient (Wildman–Crippen LogP) is 2.56. The number of rotatable bonds is 1. The Bertz CT molecular complexity index is 326. The van der Waals surface area contributed by atoms with Crippen molar-refractivity contribution in [3.8, 4) is 0 Å². The maximum atomic E-state index is 10.7. The molecular weight excluding hydrogens is 232 g/mol. The van der Waals surface area contributed by atoms with Gasteiger partial charge < -0.3 is 11.1 Å². The van der Waals surface area contributed by atoms with E-state index in [9.17, 15) is 4.79 Å². The quantitative estimate of drug-likeness (QED) is 0.782. The number of hydrogen-bond donors (Lipinski definition) is 2. The van der Waals surface area contributed by atoms with Gasteiger partial charge in [0.05, 0.1) is 0 Å². The van der Waals surface area contributed by atoms with Gasteiger partial charge in [-0.1, -0.05) is 15.9 Å². The zero-order chi connectivity index (χ0) is 10.0. The number of nitrogens with one attached hydrogen (secondary N) is 1. The Balaban J connectivity index is 3.13. The summed E-state index contributed by atoms with van der Waals surface area (Å²) in [6.07, 6.45) is 0. The van der Waals surface area contributed by atoms with Gasteiger partial charge in [0, 0.05) is 10.2 Å². The molecule has 0 aliphatic rings. The van der Waals surface area contributed by atoms with Gasteiger partial charge in [-0.25, -0.2) is 4.79 Å². The van der Waals surface area contributed by atoms with Gasteiger partial charge in [-0.05, 0) is 37.1 Å². The molecule has 0 saturated heterocycles. The lowest BCUT2D eigenvalue weighted by atomic mass is 10.1. The topological polar surface area (TPSA) is 55.1 Å². The third-order valence-corrected chi connectivity index (χ3v) is 2.20. The summed E-state index contributed by atoms with van der Waals surface area (Å²) in [5, 5.41) is 2.59. The number of anilines is 1. The highest BCUT2D eigenvalue weighted by Crippen LogP contribution is 2.24. The van der Waals surface area contributed by atoms with Crippen molar-refractivity contribution in [1.29, 1.82) is 0 Å². The highest BCUT2D eigenvalue weighted by atomic mass is 79.9. The molecule has 13 heavy (non-hydrogen) atoms. The minimum absolute atomic E-state index is 0.534. The first-order chi connectivity index (χ1) is 6.00. The fraction of sp³-hybridized carbons (Fsp3) is 0.222. The fourth-order valence-corrected chi connectivity index (χ4v) is 1.92. The van der Waals surface area contributed by atoms with Crippen LogP contribution in [0.2, 0.25) is 0 Å². The number of aryl methyl sites for hydroxylation is 2. The van der Waals surface area contributed by atoms with Gasteiger partial charge in [0.15, 0.2) is 0 Å². The zero-order valence-corrected chi connectivity index (χ0v) is 9.10. The lowest BCUT2D eigenvalue weighted by Gasteiger charge is -2.10. The van der Waals surface area contributed by atoms with Crippen LogP contribution in [0.5, 0.6) is 0 Å². The average Bonchev–Trinajstić information content (AvgIpc) is 1.96. The van der Waals surface area contributed by atoms with E-state index >= 15 is 0 Å². The molecule has 0 unspecified atom stereocenters. The normalized spacial score (nSPS) is 9.77. The number of amides is 2. The number of carbonyl (C=O) groups is 1. The summed E-state index contributed by atoms with van der Waals surface area (Å²) in [5.41, 5.74) is 7.81. The molecule has 0 saturated carbocycles. The first-order valence-electron chi connectivity index (χ1n) is 3.84. The summed E-state index contributed by atoms with van der Waals surface area (Å²) < 4.78 is 0.998. The van der Waals surface area contributed by atoms with Crippen LogP contribution in [0.4, 0.5) is 10.5 Å². The predicted molar refractivity (Wildman–Crippen MR) is 56.8 cm³/mol. The molecule has 1 aromatic rings. The van der Waals surface area contributed by atoms with Crippen LogP contribution in [0, 0.1) is 13.8 Å². The van der Waals surface area contributed by atoms with E-state index in [1.54, 1.807) is 0 Å². The molecule has 0 fully saturated rings. The Morgan fingerprint density at radius 1 is 1.38 bits per heavy atom. The first kappa shape index (κ1) is 10.1. The van der Waals surface area contributed by atoms with E-state index in [4.69, 9.17) is 5.73 Å². The Hall–Kier alpha value is -1.03. The van der Waals surface area contributed by atoms with Gasteiger partial charge >= 0.3 is 6.03 Å². The van der Waals surface area contributed by atoms with Gasteiger partial charge in [-0.3, -0.25) is 0 Å². The zero-order valence-electron chi connectivity index (χ0n) is 7.52. The molecule has 0 spiro atoms. The second-order valence-corrected chi connectivity index (χ2v) is 3.82. The molecule has 0 bridgehead atoms. The van der Waals surface area contributed by atoms with E-state index in [1.165, 1.54) is 0 Å². The number of carbonyl (C=O) groups excluding carboxylic acids is 1. The van der Waals surface area contributed by atoms with Crippen LogP contribution < -0.4 is 11.1 Å². The Labute approximate surface area is 85.4 Å². The van der Waals surface area contributed by atoms with E-state index in [1.807, 2.05) is 26.0 Å². The second-order valence-electron chi connectivity index (χ2n) is 2.90. The number of primary amides is 1. The lowest BCUT2D eigenvalue weighted by molar-refractivity contribution is 0.259. The molecule has 2 amide bonds. The van der Waals surface area contributed by atoms with Crippen molar-refractivity contribution >= 4 is 27.6 Å². The molecule has 3 nitrogen and oxygen atoms in total. The van der Waals surface area contributed by atoms with Crippen molar-refractivity contribution in [2.24, 2.45) is 5.73 Å². The molecule has 3 N–H and O–H groups in total. The summed E-state index contributed by atoms with van der Waals surface area (Å²) in [6.45, 7) is 3.84. The molecule has 1 aromatic carbocycles. The van der Waals surface area contributed by atoms with E-state index in [0.29, 0.717) is 0 Å². The van der Waals surface area contributed by atoms with Crippen molar-refractivity contribution in [1.82, 2.24) is 0 Å². The van der Waals surface area contributed by atoms with Gasteiger partial charge in [-0.15, -0.1) is 0 Å². The van der Waals surface area contributed by atoms with Crippen LogP contribution in [-0.4, -0.2) is 6.03 Å². The molecule has 0 atom stereocenters. The van der Waals surface area contributed by atoms with Gasteiger partial charge in [0.2, 0.25) is 0 Å². The minimum atomic E-state index is -0.534. The highest BCUT2D eigenvalue weighted by molar-refractivity contribution is 9.10. The SMILES string of the molecule is Cc1cc(Br)cc(C)c1NC(N)=O. The van der Waals surface area contributed by atoms with Crippen molar-refractivity contribution < 1.29 is 4.79 Å². The molecule has 0 radical (unpaired) electrons. The maximum absolute atomic E-state index is 10.7. The fourth-order valence-electron chi connectivity index (χ4n) is 1.23. The van der Waals surface area contributed by atoms with E-state index in [0.717, 1.165) is 21.3 Å². The summed E-state index contributed by atoms with van der Waals surface area (Å²) in [5.74, 6) is 0. The summed E-state index contributed by atoms with van der Waals surface area (Å²) in [4.78, 5) is 10.7. The minimum Gasteiger partial charge on any atom is -0.351 e. The van der Waals surface area contributed by atoms with Gasteiger partial charge in [0.1, 0.15) is 0 Å². The number of benzene rings is 1. The number of nitrogens with two attached hydrogens (primary N) is 1. The molecule has 0 aliphatic heterocycles. The van der Waals surface area contributed by atoms with Crippen LogP contribution in [0.15, 0.2) is 16.6 Å². The Kier molecular flexibility index (Phi) is 2.93. The molecule has 0 aliphatic carbocycles. The monoisotopic (exact) mass is 242 g/mol. The lowest BCUT2D eigenvalue weighted by Crippen LogP contribution is -2.20. The number of hydrogen-bond acceptors (Lipinski definition) is 1. The molecule has 0 aromatic heterocycles. The van der Waals surface area contributed by atoms with Gasteiger partial charge in [0.25, 0.3) is 0 Å².